The van der Waals surface area contributed by atoms with Crippen molar-refractivity contribution in [3.63, 3.8) is 0 Å². The second kappa shape index (κ2) is 10.3. The zero-order valence-corrected chi connectivity index (χ0v) is 20.0. The van der Waals surface area contributed by atoms with Crippen LogP contribution in [0.1, 0.15) is 27.0 Å². The summed E-state index contributed by atoms with van der Waals surface area (Å²) in [5, 5.41) is 6.55. The maximum Gasteiger partial charge on any atom is 0.262 e. The molecule has 0 spiro atoms. The summed E-state index contributed by atoms with van der Waals surface area (Å²) in [5.41, 5.74) is 3.76. The summed E-state index contributed by atoms with van der Waals surface area (Å²) in [6.45, 7) is 5.06. The molecule has 0 heterocycles. The molecule has 3 rings (SSSR count). The lowest BCUT2D eigenvalue weighted by Crippen LogP contribution is -2.20. The Morgan fingerprint density at radius 3 is 2.03 bits per heavy atom. The van der Waals surface area contributed by atoms with Gasteiger partial charge >= 0.3 is 0 Å². The molecule has 0 atom stereocenters. The summed E-state index contributed by atoms with van der Waals surface area (Å²) in [4.78, 5) is 24.9. The summed E-state index contributed by atoms with van der Waals surface area (Å²) >= 11 is 18.8. The minimum atomic E-state index is -0.412. The lowest BCUT2D eigenvalue weighted by atomic mass is 10.1. The second-order valence-corrected chi connectivity index (χ2v) is 8.34. The van der Waals surface area contributed by atoms with Crippen LogP contribution in [0.2, 0.25) is 15.1 Å². The van der Waals surface area contributed by atoms with E-state index in [1.54, 1.807) is 50.2 Å². The summed E-state index contributed by atoms with van der Waals surface area (Å²) in [7, 11) is 0. The minimum Gasteiger partial charge on any atom is -0.481 e. The van der Waals surface area contributed by atoms with Crippen LogP contribution in [-0.4, -0.2) is 18.4 Å². The van der Waals surface area contributed by atoms with Crippen molar-refractivity contribution >= 4 is 58.0 Å². The fourth-order valence-corrected chi connectivity index (χ4v) is 3.89. The van der Waals surface area contributed by atoms with Gasteiger partial charge in [0.05, 0.1) is 10.0 Å². The molecule has 0 saturated heterocycles. The number of amides is 2. The molecular formula is C24H21Cl3N2O3. The lowest BCUT2D eigenvalue weighted by molar-refractivity contribution is -0.118. The van der Waals surface area contributed by atoms with Gasteiger partial charge in [-0.25, -0.2) is 0 Å². The van der Waals surface area contributed by atoms with Crippen molar-refractivity contribution in [2.75, 3.05) is 17.2 Å². The third kappa shape index (κ3) is 5.36. The van der Waals surface area contributed by atoms with Gasteiger partial charge in [-0.3, -0.25) is 9.59 Å². The van der Waals surface area contributed by atoms with E-state index in [1.165, 1.54) is 0 Å². The van der Waals surface area contributed by atoms with E-state index in [-0.39, 0.29) is 28.3 Å². The fraction of sp³-hybridized carbons (Fsp3) is 0.167. The minimum absolute atomic E-state index is 0.210. The summed E-state index contributed by atoms with van der Waals surface area (Å²) in [6.07, 6.45) is 0. The van der Waals surface area contributed by atoms with Crippen molar-refractivity contribution in [3.8, 4) is 5.75 Å². The summed E-state index contributed by atoms with van der Waals surface area (Å²) in [6, 6.07) is 14.1. The largest absolute Gasteiger partial charge is 0.481 e. The third-order valence-electron chi connectivity index (χ3n) is 4.86. The van der Waals surface area contributed by atoms with Crippen LogP contribution in [0.25, 0.3) is 0 Å². The number of ether oxygens (including phenoxy) is 1. The summed E-state index contributed by atoms with van der Waals surface area (Å²) < 4.78 is 5.58. The molecule has 0 bridgehead atoms. The van der Waals surface area contributed by atoms with E-state index >= 15 is 0 Å². The van der Waals surface area contributed by atoms with Gasteiger partial charge in [0.25, 0.3) is 11.8 Å². The van der Waals surface area contributed by atoms with Crippen LogP contribution in [0.15, 0.2) is 48.5 Å². The van der Waals surface area contributed by atoms with E-state index in [0.29, 0.717) is 33.1 Å². The molecule has 0 unspecified atom stereocenters. The number of carbonyl (C=O) groups excluding carboxylic acids is 2. The molecular weight excluding hydrogens is 471 g/mol. The van der Waals surface area contributed by atoms with Gasteiger partial charge in [0, 0.05) is 22.0 Å². The molecule has 32 heavy (non-hydrogen) atoms. The topological polar surface area (TPSA) is 67.4 Å². The Balaban J connectivity index is 1.66. The van der Waals surface area contributed by atoms with E-state index in [1.807, 2.05) is 19.1 Å². The van der Waals surface area contributed by atoms with Crippen LogP contribution in [0.5, 0.6) is 5.75 Å². The van der Waals surface area contributed by atoms with Gasteiger partial charge in [-0.2, -0.15) is 0 Å². The highest BCUT2D eigenvalue weighted by molar-refractivity contribution is 6.42. The number of hydrogen-bond donors (Lipinski definition) is 2. The Morgan fingerprint density at radius 1 is 0.812 bits per heavy atom. The number of nitrogens with one attached hydrogen (secondary N) is 2. The normalized spacial score (nSPS) is 10.6. The highest BCUT2D eigenvalue weighted by Gasteiger charge is 2.19. The lowest BCUT2D eigenvalue weighted by Gasteiger charge is -2.15. The molecule has 2 amide bonds. The molecule has 8 heteroatoms. The quantitative estimate of drug-likeness (QED) is 0.396. The first kappa shape index (κ1) is 23.9. The first-order valence-corrected chi connectivity index (χ1v) is 10.9. The van der Waals surface area contributed by atoms with Crippen molar-refractivity contribution in [3.05, 3.63) is 85.9 Å². The van der Waals surface area contributed by atoms with Crippen LogP contribution >= 0.6 is 34.8 Å². The number of benzene rings is 3. The van der Waals surface area contributed by atoms with Gasteiger partial charge < -0.3 is 15.4 Å². The maximum absolute atomic E-state index is 12.5. The van der Waals surface area contributed by atoms with Crippen LogP contribution < -0.4 is 15.4 Å². The van der Waals surface area contributed by atoms with Crippen LogP contribution in [0.4, 0.5) is 11.4 Å². The highest BCUT2D eigenvalue weighted by Crippen LogP contribution is 2.42. The molecule has 0 radical (unpaired) electrons. The Morgan fingerprint density at radius 2 is 1.41 bits per heavy atom. The molecule has 0 aromatic heterocycles. The molecule has 5 nitrogen and oxygen atoms in total. The third-order valence-corrected chi connectivity index (χ3v) is 6.33. The molecule has 0 aliphatic rings. The summed E-state index contributed by atoms with van der Waals surface area (Å²) in [5.74, 6) is -0.431. The fourth-order valence-electron chi connectivity index (χ4n) is 3.07. The van der Waals surface area contributed by atoms with E-state index in [9.17, 15) is 9.59 Å². The van der Waals surface area contributed by atoms with Crippen molar-refractivity contribution in [1.29, 1.82) is 0 Å². The van der Waals surface area contributed by atoms with Gasteiger partial charge in [0.2, 0.25) is 0 Å². The van der Waals surface area contributed by atoms with Crippen LogP contribution in [0.3, 0.4) is 0 Å². The van der Waals surface area contributed by atoms with Crippen LogP contribution in [-0.2, 0) is 4.79 Å². The smallest absolute Gasteiger partial charge is 0.262 e. The average Bonchev–Trinajstić information content (AvgIpc) is 2.77. The standard InChI is InChI=1S/C24H21Cl3N2O3/c1-13-7-4-5-10-18(13)24(31)29-17-9-6-8-16(11-17)28-19(30)12-32-23-21(26)14(2)20(25)15(3)22(23)27/h4-11H,12H2,1-3H3,(H,28,30)(H,29,31). The molecule has 3 aromatic rings. The molecule has 0 saturated carbocycles. The Bertz CT molecular complexity index is 1170. The molecule has 0 fully saturated rings. The monoisotopic (exact) mass is 490 g/mol. The van der Waals surface area contributed by atoms with Crippen molar-refractivity contribution in [2.45, 2.75) is 20.8 Å². The predicted molar refractivity (Wildman–Crippen MR) is 131 cm³/mol. The average molecular weight is 492 g/mol. The molecule has 166 valence electrons. The Labute approximate surface area is 201 Å². The maximum atomic E-state index is 12.5. The number of hydrogen-bond acceptors (Lipinski definition) is 3. The van der Waals surface area contributed by atoms with Crippen LogP contribution in [0, 0.1) is 20.8 Å². The number of anilines is 2. The van der Waals surface area contributed by atoms with Crippen molar-refractivity contribution in [2.24, 2.45) is 0 Å². The van der Waals surface area contributed by atoms with E-state index < -0.39 is 5.91 Å². The first-order chi connectivity index (χ1) is 15.2. The highest BCUT2D eigenvalue weighted by atomic mass is 35.5. The van der Waals surface area contributed by atoms with Gasteiger partial charge in [-0.05, 0) is 61.7 Å². The molecule has 2 N–H and O–H groups in total. The first-order valence-electron chi connectivity index (χ1n) is 9.72. The van der Waals surface area contributed by atoms with E-state index in [2.05, 4.69) is 10.6 Å². The SMILES string of the molecule is Cc1ccccc1C(=O)Nc1cccc(NC(=O)COc2c(Cl)c(C)c(Cl)c(C)c2Cl)c1. The molecule has 0 aliphatic carbocycles. The number of halogens is 3. The molecule has 0 aliphatic heterocycles. The second-order valence-electron chi connectivity index (χ2n) is 7.21. The van der Waals surface area contributed by atoms with Crippen molar-refractivity contribution < 1.29 is 14.3 Å². The zero-order chi connectivity index (χ0) is 23.4. The molecule has 3 aromatic carbocycles. The zero-order valence-electron chi connectivity index (χ0n) is 17.7. The Kier molecular flexibility index (Phi) is 7.67. The number of carbonyl (C=O) groups is 2. The van der Waals surface area contributed by atoms with E-state index in [0.717, 1.165) is 5.56 Å². The van der Waals surface area contributed by atoms with E-state index in [4.69, 9.17) is 39.5 Å². The van der Waals surface area contributed by atoms with Gasteiger partial charge in [-0.1, -0.05) is 59.1 Å². The predicted octanol–water partition coefficient (Wildman–Crippen LogP) is 6.84. The number of aryl methyl sites for hydroxylation is 1. The van der Waals surface area contributed by atoms with Gasteiger partial charge in [0.1, 0.15) is 0 Å². The Hall–Kier alpha value is -2.73. The number of rotatable bonds is 6. The van der Waals surface area contributed by atoms with Gasteiger partial charge in [0.15, 0.2) is 12.4 Å². The van der Waals surface area contributed by atoms with Gasteiger partial charge in [-0.15, -0.1) is 0 Å². The van der Waals surface area contributed by atoms with Crippen molar-refractivity contribution in [1.82, 2.24) is 0 Å².